The monoisotopic (exact) mass is 219 g/mol. The van der Waals surface area contributed by atoms with Gasteiger partial charge in [-0.3, -0.25) is 0 Å². The molecule has 5 heteroatoms. The second-order valence-corrected chi connectivity index (χ2v) is 4.51. The maximum atomic E-state index is 11.4. The van der Waals surface area contributed by atoms with E-state index in [4.69, 9.17) is 11.6 Å². The first kappa shape index (κ1) is 10.7. The van der Waals surface area contributed by atoms with Crippen LogP contribution in [0.25, 0.3) is 0 Å². The molecule has 1 rings (SSSR count). The minimum absolute atomic E-state index is 0.0403. The highest BCUT2D eigenvalue weighted by molar-refractivity contribution is 7.60. The number of benzene rings is 1. The molecule has 1 unspecified atom stereocenters. The van der Waals surface area contributed by atoms with E-state index in [1.54, 1.807) is 19.1 Å². The molecule has 1 aromatic rings. The summed E-state index contributed by atoms with van der Waals surface area (Å²) < 4.78 is 16.0. The molecule has 0 aromatic heterocycles. The van der Waals surface area contributed by atoms with Crippen LogP contribution >= 0.6 is 19.2 Å². The van der Waals surface area contributed by atoms with Gasteiger partial charge >= 0.3 is 0 Å². The first-order chi connectivity index (χ1) is 6.08. The van der Waals surface area contributed by atoms with Crippen LogP contribution in [0, 0.1) is 0 Å². The van der Waals surface area contributed by atoms with Crippen LogP contribution in [-0.2, 0) is 9.09 Å². The number of hydrogen-bond acceptors (Lipinski definition) is 3. The Kier molecular flexibility index (Phi) is 3.51. The summed E-state index contributed by atoms with van der Waals surface area (Å²) in [6, 6.07) is 6.20. The summed E-state index contributed by atoms with van der Waals surface area (Å²) in [5.74, 6) is 0. The van der Waals surface area contributed by atoms with Crippen molar-refractivity contribution in [2.24, 2.45) is 0 Å². The molecule has 0 aliphatic rings. The van der Waals surface area contributed by atoms with Crippen LogP contribution in [0.5, 0.6) is 0 Å². The van der Waals surface area contributed by atoms with Crippen molar-refractivity contribution >= 4 is 24.5 Å². The fourth-order valence-electron chi connectivity index (χ4n) is 0.913. The zero-order valence-electron chi connectivity index (χ0n) is 7.07. The van der Waals surface area contributed by atoms with E-state index in [0.717, 1.165) is 0 Å². The van der Waals surface area contributed by atoms with E-state index >= 15 is 0 Å². The maximum absolute atomic E-state index is 11.4. The van der Waals surface area contributed by atoms with E-state index in [0.29, 0.717) is 0 Å². The predicted octanol–water partition coefficient (Wildman–Crippen LogP) is 1.56. The molecule has 0 saturated carbocycles. The van der Waals surface area contributed by atoms with Gasteiger partial charge in [-0.25, -0.2) is 0 Å². The molecular weight excluding hydrogens is 211 g/mol. The first-order valence-corrected chi connectivity index (χ1v) is 5.70. The SMILES string of the molecule is CCOP(=O)([O-])c1ccccc1Cl. The molecule has 0 saturated heterocycles. The Morgan fingerprint density at radius 2 is 2.15 bits per heavy atom. The third kappa shape index (κ3) is 2.55. The summed E-state index contributed by atoms with van der Waals surface area (Å²) in [5.41, 5.74) is 0. The lowest BCUT2D eigenvalue weighted by Crippen LogP contribution is -2.18. The van der Waals surface area contributed by atoms with Crippen molar-refractivity contribution in [3.63, 3.8) is 0 Å². The molecule has 0 radical (unpaired) electrons. The van der Waals surface area contributed by atoms with Gasteiger partial charge in [-0.2, -0.15) is 0 Å². The van der Waals surface area contributed by atoms with Gasteiger partial charge in [0.05, 0.1) is 11.6 Å². The largest absolute Gasteiger partial charge is 0.775 e. The molecule has 0 spiro atoms. The Bertz CT molecular complexity index is 340. The van der Waals surface area contributed by atoms with Gasteiger partial charge in [-0.1, -0.05) is 23.7 Å². The molecule has 0 aliphatic carbocycles. The Hall–Kier alpha value is -0.340. The topological polar surface area (TPSA) is 49.4 Å². The molecule has 0 bridgehead atoms. The molecular formula is C8H9ClO3P-. The zero-order valence-corrected chi connectivity index (χ0v) is 8.72. The van der Waals surface area contributed by atoms with E-state index in [9.17, 15) is 9.46 Å². The molecule has 1 aromatic carbocycles. The summed E-state index contributed by atoms with van der Waals surface area (Å²) in [7, 11) is -3.96. The second-order valence-electron chi connectivity index (χ2n) is 2.37. The van der Waals surface area contributed by atoms with Crippen molar-refractivity contribution in [2.75, 3.05) is 6.61 Å². The predicted molar refractivity (Wildman–Crippen MR) is 50.3 cm³/mol. The molecule has 0 heterocycles. The fraction of sp³-hybridized carbons (Fsp3) is 0.250. The van der Waals surface area contributed by atoms with E-state index < -0.39 is 7.60 Å². The highest BCUT2D eigenvalue weighted by atomic mass is 35.5. The average molecular weight is 220 g/mol. The summed E-state index contributed by atoms with van der Waals surface area (Å²) in [5, 5.41) is 0.229. The Labute approximate surface area is 81.8 Å². The van der Waals surface area contributed by atoms with Crippen molar-refractivity contribution in [2.45, 2.75) is 6.92 Å². The number of halogens is 1. The molecule has 0 fully saturated rings. The molecule has 0 N–H and O–H groups in total. The van der Waals surface area contributed by atoms with E-state index in [2.05, 4.69) is 4.52 Å². The van der Waals surface area contributed by atoms with Gasteiger partial charge in [0.2, 0.25) is 0 Å². The van der Waals surface area contributed by atoms with E-state index in [1.165, 1.54) is 12.1 Å². The molecule has 13 heavy (non-hydrogen) atoms. The Morgan fingerprint density at radius 1 is 1.54 bits per heavy atom. The standard InChI is InChI=1S/C8H10ClO3P/c1-2-12-13(10,11)8-6-4-3-5-7(8)9/h3-6H,2H2,1H3,(H,10,11)/p-1. The van der Waals surface area contributed by atoms with Gasteiger partial charge in [-0.15, -0.1) is 0 Å². The number of hydrogen-bond donors (Lipinski definition) is 0. The smallest absolute Gasteiger partial charge is 0.166 e. The number of rotatable bonds is 3. The normalized spacial score (nSPS) is 15.3. The Morgan fingerprint density at radius 3 is 2.69 bits per heavy atom. The lowest BCUT2D eigenvalue weighted by molar-refractivity contribution is -0.193. The van der Waals surface area contributed by atoms with Gasteiger partial charge in [0.25, 0.3) is 0 Å². The van der Waals surface area contributed by atoms with Gasteiger partial charge in [0.1, 0.15) is 0 Å². The second kappa shape index (κ2) is 4.25. The molecule has 72 valence electrons. The average Bonchev–Trinajstić information content (AvgIpc) is 2.04. The molecule has 0 amide bonds. The fourth-order valence-corrected chi connectivity index (χ4v) is 2.44. The highest BCUT2D eigenvalue weighted by Gasteiger charge is 2.13. The van der Waals surface area contributed by atoms with Crippen LogP contribution in [0.1, 0.15) is 6.92 Å². The quantitative estimate of drug-likeness (QED) is 0.725. The lowest BCUT2D eigenvalue weighted by Gasteiger charge is -2.23. The van der Waals surface area contributed by atoms with Gasteiger partial charge < -0.3 is 14.0 Å². The summed E-state index contributed by atoms with van der Waals surface area (Å²) in [4.78, 5) is 11.4. The van der Waals surface area contributed by atoms with Crippen molar-refractivity contribution in [1.82, 2.24) is 0 Å². The van der Waals surface area contributed by atoms with Crippen molar-refractivity contribution in [1.29, 1.82) is 0 Å². The highest BCUT2D eigenvalue weighted by Crippen LogP contribution is 2.37. The van der Waals surface area contributed by atoms with Gasteiger partial charge in [-0.05, 0) is 19.1 Å². The van der Waals surface area contributed by atoms with Crippen LogP contribution in [0.4, 0.5) is 0 Å². The van der Waals surface area contributed by atoms with Crippen molar-refractivity contribution in [3.05, 3.63) is 29.3 Å². The van der Waals surface area contributed by atoms with Crippen LogP contribution < -0.4 is 10.2 Å². The lowest BCUT2D eigenvalue weighted by atomic mass is 10.4. The zero-order chi connectivity index (χ0) is 9.90. The Balaban J connectivity index is 3.07. The van der Waals surface area contributed by atoms with Gasteiger partial charge in [0, 0.05) is 5.30 Å². The molecule has 0 aliphatic heterocycles. The summed E-state index contributed by atoms with van der Waals surface area (Å²) >= 11 is 5.69. The molecule has 1 atom stereocenters. The summed E-state index contributed by atoms with van der Waals surface area (Å²) in [6.07, 6.45) is 0. The summed E-state index contributed by atoms with van der Waals surface area (Å²) in [6.45, 7) is 1.73. The first-order valence-electron chi connectivity index (χ1n) is 3.78. The molecule has 3 nitrogen and oxygen atoms in total. The van der Waals surface area contributed by atoms with Gasteiger partial charge in [0.15, 0.2) is 7.60 Å². The van der Waals surface area contributed by atoms with Crippen LogP contribution in [0.15, 0.2) is 24.3 Å². The third-order valence-corrected chi connectivity index (χ3v) is 3.49. The van der Waals surface area contributed by atoms with Crippen molar-refractivity contribution in [3.8, 4) is 0 Å². The minimum Gasteiger partial charge on any atom is -0.775 e. The van der Waals surface area contributed by atoms with Crippen molar-refractivity contribution < 1.29 is 14.0 Å². The third-order valence-electron chi connectivity index (χ3n) is 1.45. The van der Waals surface area contributed by atoms with Crippen LogP contribution in [0.2, 0.25) is 5.02 Å². The minimum atomic E-state index is -3.96. The van der Waals surface area contributed by atoms with Crippen LogP contribution in [0.3, 0.4) is 0 Å². The van der Waals surface area contributed by atoms with E-state index in [1.807, 2.05) is 0 Å². The maximum Gasteiger partial charge on any atom is 0.166 e. The van der Waals surface area contributed by atoms with E-state index in [-0.39, 0.29) is 16.9 Å². The van der Waals surface area contributed by atoms with Crippen LogP contribution in [-0.4, -0.2) is 6.61 Å².